The SMILES string of the molecule is C.Cc1ccc2c(c1)c1cc(C)ccc1n2-c1ccccc1.Cc1ccc2c(c1)c1ccccc1n2C.Cc1cccc(C)n1.Cc1cncc(C)c1. The van der Waals surface area contributed by atoms with Crippen LogP contribution in [-0.2, 0) is 7.05 Å². The zero-order valence-electron chi connectivity index (χ0n) is 31.6. The van der Waals surface area contributed by atoms with Gasteiger partial charge in [0.2, 0.25) is 0 Å². The fourth-order valence-electron chi connectivity index (χ4n) is 6.77. The molecule has 268 valence electrons. The van der Waals surface area contributed by atoms with Crippen LogP contribution < -0.4 is 0 Å². The van der Waals surface area contributed by atoms with Crippen LogP contribution in [0.15, 0.2) is 146 Å². The summed E-state index contributed by atoms with van der Waals surface area (Å²) in [6.07, 6.45) is 3.71. The maximum Gasteiger partial charge on any atom is 0.0541 e. The molecule has 0 saturated carbocycles. The molecule has 0 amide bonds. The maximum atomic E-state index is 4.17. The second-order valence-corrected chi connectivity index (χ2v) is 13.8. The van der Waals surface area contributed by atoms with Gasteiger partial charge in [0.1, 0.15) is 0 Å². The summed E-state index contributed by atoms with van der Waals surface area (Å²) in [5, 5.41) is 5.36. The summed E-state index contributed by atoms with van der Waals surface area (Å²) in [5.74, 6) is 0. The Bertz CT molecular complexity index is 2470. The average Bonchev–Trinajstić information content (AvgIpc) is 3.59. The van der Waals surface area contributed by atoms with Crippen molar-refractivity contribution in [2.45, 2.75) is 55.9 Å². The third kappa shape index (κ3) is 8.91. The van der Waals surface area contributed by atoms with Gasteiger partial charge in [0, 0.05) is 69.1 Å². The number of hydrogen-bond acceptors (Lipinski definition) is 2. The third-order valence-electron chi connectivity index (χ3n) is 9.20. The van der Waals surface area contributed by atoms with Gasteiger partial charge in [-0.05, 0) is 126 Å². The van der Waals surface area contributed by atoms with Crippen LogP contribution in [0, 0.1) is 48.5 Å². The molecule has 0 aliphatic carbocycles. The highest BCUT2D eigenvalue weighted by Gasteiger charge is 2.12. The Morgan fingerprint density at radius 2 is 0.849 bits per heavy atom. The molecule has 0 fully saturated rings. The van der Waals surface area contributed by atoms with E-state index in [1.165, 1.54) is 77.1 Å². The van der Waals surface area contributed by atoms with Crippen LogP contribution in [0.3, 0.4) is 0 Å². The summed E-state index contributed by atoms with van der Waals surface area (Å²) >= 11 is 0. The number of nitrogens with zero attached hydrogens (tertiary/aromatic N) is 4. The molecule has 4 aromatic heterocycles. The molecule has 5 aromatic carbocycles. The first-order chi connectivity index (χ1) is 25.1. The lowest BCUT2D eigenvalue weighted by atomic mass is 10.1. The lowest BCUT2D eigenvalue weighted by Gasteiger charge is -2.07. The van der Waals surface area contributed by atoms with Crippen molar-refractivity contribution >= 4 is 43.6 Å². The average molecular weight is 697 g/mol. The molecule has 4 heteroatoms. The molecule has 4 heterocycles. The van der Waals surface area contributed by atoms with Crippen molar-refractivity contribution in [2.24, 2.45) is 7.05 Å². The smallest absolute Gasteiger partial charge is 0.0541 e. The van der Waals surface area contributed by atoms with Gasteiger partial charge in [-0.3, -0.25) is 9.97 Å². The van der Waals surface area contributed by atoms with Crippen LogP contribution in [0.25, 0.3) is 49.3 Å². The zero-order chi connectivity index (χ0) is 36.8. The fraction of sp³-hybridized carbons (Fsp3) is 0.184. The molecule has 0 radical (unpaired) electrons. The molecule has 0 bridgehead atoms. The number of para-hydroxylation sites is 2. The Labute approximate surface area is 315 Å². The van der Waals surface area contributed by atoms with Crippen molar-refractivity contribution in [3.8, 4) is 5.69 Å². The monoisotopic (exact) mass is 696 g/mol. The van der Waals surface area contributed by atoms with Crippen LogP contribution in [0.5, 0.6) is 0 Å². The second-order valence-electron chi connectivity index (χ2n) is 13.8. The lowest BCUT2D eigenvalue weighted by molar-refractivity contribution is 1.01. The molecule has 0 N–H and O–H groups in total. The highest BCUT2D eigenvalue weighted by atomic mass is 15.0. The van der Waals surface area contributed by atoms with Crippen LogP contribution in [0.1, 0.15) is 46.6 Å². The van der Waals surface area contributed by atoms with E-state index < -0.39 is 0 Å². The minimum atomic E-state index is 0. The molecule has 0 aliphatic rings. The van der Waals surface area contributed by atoms with Gasteiger partial charge < -0.3 is 9.13 Å². The number of benzene rings is 5. The topological polar surface area (TPSA) is 35.6 Å². The van der Waals surface area contributed by atoms with E-state index in [1.807, 2.05) is 58.3 Å². The predicted molar refractivity (Wildman–Crippen MR) is 230 cm³/mol. The molecule has 4 nitrogen and oxygen atoms in total. The summed E-state index contributed by atoms with van der Waals surface area (Å²) in [6.45, 7) is 14.5. The van der Waals surface area contributed by atoms with Crippen molar-refractivity contribution in [1.29, 1.82) is 0 Å². The van der Waals surface area contributed by atoms with Crippen LogP contribution in [0.2, 0.25) is 0 Å². The van der Waals surface area contributed by atoms with E-state index in [9.17, 15) is 0 Å². The first-order valence-corrected chi connectivity index (χ1v) is 17.9. The fourth-order valence-corrected chi connectivity index (χ4v) is 6.77. The Kier molecular flexibility index (Phi) is 12.3. The van der Waals surface area contributed by atoms with Crippen LogP contribution >= 0.6 is 0 Å². The number of pyridine rings is 2. The summed E-state index contributed by atoms with van der Waals surface area (Å²) in [4.78, 5) is 8.16. The van der Waals surface area contributed by atoms with Crippen molar-refractivity contribution in [3.63, 3.8) is 0 Å². The Morgan fingerprint density at radius 1 is 0.396 bits per heavy atom. The van der Waals surface area contributed by atoms with Crippen molar-refractivity contribution < 1.29 is 0 Å². The summed E-state index contributed by atoms with van der Waals surface area (Å²) in [6, 6.07) is 47.3. The number of rotatable bonds is 1. The molecular formula is C49H52N4. The highest BCUT2D eigenvalue weighted by Crippen LogP contribution is 2.33. The number of aryl methyl sites for hydroxylation is 8. The number of aromatic nitrogens is 4. The van der Waals surface area contributed by atoms with Gasteiger partial charge in [-0.15, -0.1) is 0 Å². The van der Waals surface area contributed by atoms with Crippen LogP contribution in [-0.4, -0.2) is 19.1 Å². The largest absolute Gasteiger partial charge is 0.344 e. The minimum Gasteiger partial charge on any atom is -0.344 e. The van der Waals surface area contributed by atoms with Gasteiger partial charge in [0.25, 0.3) is 0 Å². The van der Waals surface area contributed by atoms with E-state index in [0.29, 0.717) is 0 Å². The van der Waals surface area contributed by atoms with Gasteiger partial charge in [0.15, 0.2) is 0 Å². The summed E-state index contributed by atoms with van der Waals surface area (Å²) in [7, 11) is 2.12. The molecule has 53 heavy (non-hydrogen) atoms. The van der Waals surface area contributed by atoms with E-state index in [0.717, 1.165) is 11.4 Å². The second kappa shape index (κ2) is 17.0. The van der Waals surface area contributed by atoms with Gasteiger partial charge in [0.05, 0.1) is 11.0 Å². The van der Waals surface area contributed by atoms with Gasteiger partial charge in [-0.2, -0.15) is 0 Å². The summed E-state index contributed by atoms with van der Waals surface area (Å²) in [5.41, 5.74) is 14.9. The molecule has 0 saturated heterocycles. The number of fused-ring (bicyclic) bond motifs is 6. The zero-order valence-corrected chi connectivity index (χ0v) is 31.6. The molecule has 0 unspecified atom stereocenters. The Morgan fingerprint density at radius 3 is 1.32 bits per heavy atom. The predicted octanol–water partition coefficient (Wildman–Crippen LogP) is 13.1. The summed E-state index contributed by atoms with van der Waals surface area (Å²) < 4.78 is 4.60. The normalized spacial score (nSPS) is 10.5. The van der Waals surface area contributed by atoms with E-state index in [-0.39, 0.29) is 7.43 Å². The van der Waals surface area contributed by atoms with Crippen molar-refractivity contribution in [3.05, 3.63) is 185 Å². The highest BCUT2D eigenvalue weighted by molar-refractivity contribution is 6.10. The van der Waals surface area contributed by atoms with E-state index >= 15 is 0 Å². The standard InChI is InChI=1S/C20H17N.C14H13N.2C7H9N.CH4/c1-14-8-10-19-17(12-14)18-13-15(2)9-11-20(18)21(19)16-6-4-3-5-7-16;1-10-7-8-14-12(9-10)11-5-3-4-6-13(11)15(14)2;1-6-3-7(2)5-8-4-6;1-6-4-3-5-7(2)8-6;/h3-13H,1-2H3;3-9H,1-2H3;2*3-5H,1-2H3;1H4. The quantitative estimate of drug-likeness (QED) is 0.171. The minimum absolute atomic E-state index is 0. The van der Waals surface area contributed by atoms with Gasteiger partial charge in [-0.1, -0.05) is 90.8 Å². The molecule has 9 rings (SSSR count). The van der Waals surface area contributed by atoms with Gasteiger partial charge in [-0.25, -0.2) is 0 Å². The van der Waals surface area contributed by atoms with E-state index in [2.05, 4.69) is 162 Å². The van der Waals surface area contributed by atoms with Crippen molar-refractivity contribution in [2.75, 3.05) is 0 Å². The van der Waals surface area contributed by atoms with E-state index in [4.69, 9.17) is 0 Å². The molecule has 0 atom stereocenters. The molecule has 0 spiro atoms. The molecular weight excluding hydrogens is 645 g/mol. The van der Waals surface area contributed by atoms with Crippen LogP contribution in [0.4, 0.5) is 0 Å². The molecule has 9 aromatic rings. The lowest BCUT2D eigenvalue weighted by Crippen LogP contribution is -1.92. The van der Waals surface area contributed by atoms with E-state index in [1.54, 1.807) is 0 Å². The van der Waals surface area contributed by atoms with Gasteiger partial charge >= 0.3 is 0 Å². The van der Waals surface area contributed by atoms with Crippen molar-refractivity contribution in [1.82, 2.24) is 19.1 Å². The number of hydrogen-bond donors (Lipinski definition) is 0. The Balaban J connectivity index is 0.000000148. The molecule has 0 aliphatic heterocycles. The first-order valence-electron chi connectivity index (χ1n) is 17.9. The Hall–Kier alpha value is -6.00. The first kappa shape index (κ1) is 38.2. The maximum absolute atomic E-state index is 4.17. The third-order valence-corrected chi connectivity index (χ3v) is 9.20.